The van der Waals surface area contributed by atoms with Crippen molar-refractivity contribution in [2.24, 2.45) is 5.73 Å². The van der Waals surface area contributed by atoms with Crippen LogP contribution in [0.2, 0.25) is 5.15 Å². The summed E-state index contributed by atoms with van der Waals surface area (Å²) in [6.45, 7) is 1.73. The van der Waals surface area contributed by atoms with Crippen molar-refractivity contribution in [3.63, 3.8) is 0 Å². The van der Waals surface area contributed by atoms with Crippen LogP contribution in [-0.2, 0) is 0 Å². The van der Waals surface area contributed by atoms with Gasteiger partial charge in [0.25, 0.3) is 0 Å². The van der Waals surface area contributed by atoms with Crippen molar-refractivity contribution in [1.82, 2.24) is 4.98 Å². The van der Waals surface area contributed by atoms with E-state index < -0.39 is 17.9 Å². The summed E-state index contributed by atoms with van der Waals surface area (Å²) in [6.07, 6.45) is 0. The second-order valence-electron chi connectivity index (χ2n) is 4.80. The van der Waals surface area contributed by atoms with Crippen LogP contribution < -0.4 is 11.1 Å². The van der Waals surface area contributed by atoms with Gasteiger partial charge in [-0.25, -0.2) is 13.8 Å². The highest BCUT2D eigenvalue weighted by atomic mass is 35.5. The van der Waals surface area contributed by atoms with E-state index >= 15 is 0 Å². The fourth-order valence-corrected chi connectivity index (χ4v) is 2.16. The first kappa shape index (κ1) is 16.1. The summed E-state index contributed by atoms with van der Waals surface area (Å²) in [7, 11) is 0. The lowest BCUT2D eigenvalue weighted by molar-refractivity contribution is 0.590. The van der Waals surface area contributed by atoms with E-state index in [0.29, 0.717) is 5.56 Å². The zero-order valence-corrected chi connectivity index (χ0v) is 12.4. The third-order valence-corrected chi connectivity index (χ3v) is 3.39. The third kappa shape index (κ3) is 3.50. The summed E-state index contributed by atoms with van der Waals surface area (Å²) in [5, 5.41) is 11.5. The largest absolute Gasteiger partial charge is 0.359 e. The Balaban J connectivity index is 2.35. The minimum Gasteiger partial charge on any atom is -0.359 e. The molecule has 2 atom stereocenters. The van der Waals surface area contributed by atoms with Crippen LogP contribution in [0.5, 0.6) is 0 Å². The van der Waals surface area contributed by atoms with E-state index in [1.807, 2.05) is 0 Å². The summed E-state index contributed by atoms with van der Waals surface area (Å²) in [5.41, 5.74) is 6.53. The highest BCUT2D eigenvalue weighted by molar-refractivity contribution is 6.30. The zero-order valence-electron chi connectivity index (χ0n) is 11.6. The molecule has 0 aliphatic carbocycles. The number of hydrogen-bond donors (Lipinski definition) is 2. The van der Waals surface area contributed by atoms with Gasteiger partial charge in [-0.3, -0.25) is 0 Å². The van der Waals surface area contributed by atoms with Crippen molar-refractivity contribution in [2.45, 2.75) is 19.0 Å². The molecule has 2 aromatic rings. The molecule has 1 aromatic carbocycles. The van der Waals surface area contributed by atoms with Crippen molar-refractivity contribution in [3.05, 3.63) is 58.2 Å². The van der Waals surface area contributed by atoms with E-state index in [-0.39, 0.29) is 22.4 Å². The molecule has 22 heavy (non-hydrogen) atoms. The molecule has 0 aliphatic rings. The van der Waals surface area contributed by atoms with Crippen LogP contribution in [0.1, 0.15) is 24.1 Å². The Morgan fingerprint density at radius 2 is 1.95 bits per heavy atom. The summed E-state index contributed by atoms with van der Waals surface area (Å²) in [5.74, 6) is -1.21. The molecule has 0 unspecified atom stereocenters. The fourth-order valence-electron chi connectivity index (χ4n) is 1.98. The van der Waals surface area contributed by atoms with E-state index in [4.69, 9.17) is 22.6 Å². The third-order valence-electron chi connectivity index (χ3n) is 3.10. The number of nitrogens with zero attached hydrogens (tertiary/aromatic N) is 2. The van der Waals surface area contributed by atoms with E-state index in [1.165, 1.54) is 12.1 Å². The standard InChI is InChI=1S/C15H13ClF2N4/c1-8(20)13(9-2-4-11(17)5-3-9)21-15-12(18)6-10(7-19)14(16)22-15/h2-6,8,13H,20H2,1H3,(H,21,22)/t8-,13-/m0/s1. The number of halogens is 3. The molecule has 1 heterocycles. The van der Waals surface area contributed by atoms with Gasteiger partial charge in [-0.05, 0) is 30.7 Å². The van der Waals surface area contributed by atoms with Crippen LogP contribution >= 0.6 is 11.6 Å². The Labute approximate surface area is 131 Å². The predicted octanol–water partition coefficient (Wildman–Crippen LogP) is 3.39. The molecule has 0 bridgehead atoms. The van der Waals surface area contributed by atoms with Gasteiger partial charge >= 0.3 is 0 Å². The molecular formula is C15H13ClF2N4. The molecule has 2 rings (SSSR count). The van der Waals surface area contributed by atoms with Crippen molar-refractivity contribution in [1.29, 1.82) is 5.26 Å². The Hall–Kier alpha value is -2.23. The van der Waals surface area contributed by atoms with Gasteiger partial charge < -0.3 is 11.1 Å². The van der Waals surface area contributed by atoms with Crippen molar-refractivity contribution >= 4 is 17.4 Å². The molecule has 7 heteroatoms. The number of nitrogens with two attached hydrogens (primary N) is 1. The second kappa shape index (κ2) is 6.69. The van der Waals surface area contributed by atoms with E-state index in [0.717, 1.165) is 6.07 Å². The Bertz CT molecular complexity index is 711. The minimum absolute atomic E-state index is 0.0520. The van der Waals surface area contributed by atoms with Gasteiger partial charge in [0, 0.05) is 6.04 Å². The topological polar surface area (TPSA) is 74.7 Å². The first-order chi connectivity index (χ1) is 10.4. The number of nitrogens with one attached hydrogen (secondary N) is 1. The molecule has 0 spiro atoms. The average molecular weight is 323 g/mol. The lowest BCUT2D eigenvalue weighted by atomic mass is 10.0. The van der Waals surface area contributed by atoms with Gasteiger partial charge in [-0.15, -0.1) is 0 Å². The monoisotopic (exact) mass is 322 g/mol. The van der Waals surface area contributed by atoms with Crippen molar-refractivity contribution < 1.29 is 8.78 Å². The Morgan fingerprint density at radius 3 is 2.50 bits per heavy atom. The van der Waals surface area contributed by atoms with Gasteiger partial charge in [0.2, 0.25) is 0 Å². The van der Waals surface area contributed by atoms with Crippen LogP contribution in [-0.4, -0.2) is 11.0 Å². The number of aromatic nitrogens is 1. The lowest BCUT2D eigenvalue weighted by Crippen LogP contribution is -2.31. The first-order valence-electron chi connectivity index (χ1n) is 6.46. The summed E-state index contributed by atoms with van der Waals surface area (Å²) in [4.78, 5) is 3.84. The smallest absolute Gasteiger partial charge is 0.166 e. The lowest BCUT2D eigenvalue weighted by Gasteiger charge is -2.23. The zero-order chi connectivity index (χ0) is 16.3. The normalized spacial score (nSPS) is 13.3. The first-order valence-corrected chi connectivity index (χ1v) is 6.84. The molecule has 3 N–H and O–H groups in total. The maximum absolute atomic E-state index is 14.0. The van der Waals surface area contributed by atoms with Gasteiger partial charge in [0.1, 0.15) is 17.0 Å². The predicted molar refractivity (Wildman–Crippen MR) is 80.3 cm³/mol. The quantitative estimate of drug-likeness (QED) is 0.846. The molecule has 0 radical (unpaired) electrons. The summed E-state index contributed by atoms with van der Waals surface area (Å²) >= 11 is 5.81. The minimum atomic E-state index is -0.714. The van der Waals surface area contributed by atoms with Crippen LogP contribution in [0.3, 0.4) is 0 Å². The van der Waals surface area contributed by atoms with Crippen LogP contribution in [0.15, 0.2) is 30.3 Å². The van der Waals surface area contributed by atoms with E-state index in [9.17, 15) is 8.78 Å². The summed E-state index contributed by atoms with van der Waals surface area (Å²) in [6, 6.07) is 7.55. The van der Waals surface area contributed by atoms with Gasteiger partial charge in [-0.2, -0.15) is 5.26 Å². The average Bonchev–Trinajstić information content (AvgIpc) is 2.48. The molecule has 0 saturated carbocycles. The van der Waals surface area contributed by atoms with Crippen molar-refractivity contribution in [2.75, 3.05) is 5.32 Å². The fraction of sp³-hybridized carbons (Fsp3) is 0.200. The Kier molecular flexibility index (Phi) is 4.91. The molecular weight excluding hydrogens is 310 g/mol. The Morgan fingerprint density at radius 1 is 1.32 bits per heavy atom. The molecule has 4 nitrogen and oxygen atoms in total. The molecule has 0 fully saturated rings. The number of benzene rings is 1. The molecule has 0 amide bonds. The number of hydrogen-bond acceptors (Lipinski definition) is 4. The van der Waals surface area contributed by atoms with Crippen LogP contribution in [0, 0.1) is 23.0 Å². The number of nitriles is 1. The van der Waals surface area contributed by atoms with Crippen LogP contribution in [0.4, 0.5) is 14.6 Å². The van der Waals surface area contributed by atoms with Gasteiger partial charge in [0.05, 0.1) is 11.6 Å². The van der Waals surface area contributed by atoms with E-state index in [2.05, 4.69) is 10.3 Å². The SMILES string of the molecule is C[C@H](N)[C@H](Nc1nc(Cl)c(C#N)cc1F)c1ccc(F)cc1. The molecule has 0 saturated heterocycles. The highest BCUT2D eigenvalue weighted by Gasteiger charge is 2.20. The number of anilines is 1. The van der Waals surface area contributed by atoms with Gasteiger partial charge in [0.15, 0.2) is 11.6 Å². The molecule has 0 aliphatic heterocycles. The van der Waals surface area contributed by atoms with Crippen molar-refractivity contribution in [3.8, 4) is 6.07 Å². The number of rotatable bonds is 4. The van der Waals surface area contributed by atoms with Gasteiger partial charge in [-0.1, -0.05) is 23.7 Å². The summed E-state index contributed by atoms with van der Waals surface area (Å²) < 4.78 is 27.0. The van der Waals surface area contributed by atoms with Crippen LogP contribution in [0.25, 0.3) is 0 Å². The highest BCUT2D eigenvalue weighted by Crippen LogP contribution is 2.25. The number of pyridine rings is 1. The molecule has 114 valence electrons. The maximum atomic E-state index is 14.0. The molecule has 1 aromatic heterocycles. The van der Waals surface area contributed by atoms with E-state index in [1.54, 1.807) is 25.1 Å². The maximum Gasteiger partial charge on any atom is 0.166 e. The second-order valence-corrected chi connectivity index (χ2v) is 5.16.